The molecule has 1 amide bonds. The van der Waals surface area contributed by atoms with Gasteiger partial charge in [0.1, 0.15) is 5.82 Å². The Hall–Kier alpha value is -1.66. The number of rotatable bonds is 3. The molecule has 120 valence electrons. The monoisotopic (exact) mass is 303 g/mol. The molecule has 6 nitrogen and oxygen atoms in total. The molecule has 3 rings (SSSR count). The molecule has 0 unspecified atom stereocenters. The summed E-state index contributed by atoms with van der Waals surface area (Å²) in [6.45, 7) is 5.80. The third kappa shape index (κ3) is 3.56. The molecule has 2 aliphatic heterocycles. The number of hydrogen-bond acceptors (Lipinski definition) is 5. The van der Waals surface area contributed by atoms with Crippen molar-refractivity contribution in [2.75, 3.05) is 51.2 Å². The van der Waals surface area contributed by atoms with E-state index < -0.39 is 0 Å². The van der Waals surface area contributed by atoms with Crippen LogP contribution >= 0.6 is 0 Å². The predicted molar refractivity (Wildman–Crippen MR) is 87.3 cm³/mol. The van der Waals surface area contributed by atoms with E-state index >= 15 is 0 Å². The smallest absolute Gasteiger partial charge is 0.255 e. The second-order valence-corrected chi connectivity index (χ2v) is 6.16. The molecule has 1 aromatic rings. The van der Waals surface area contributed by atoms with Crippen LogP contribution in [0.2, 0.25) is 0 Å². The van der Waals surface area contributed by atoms with Crippen LogP contribution in [-0.4, -0.2) is 68.1 Å². The number of likely N-dealkylation sites (N-methyl/N-ethyl adjacent to an activating group) is 1. The molecule has 2 N–H and O–H groups in total. The third-order valence-electron chi connectivity index (χ3n) is 4.51. The minimum absolute atomic E-state index is 0.00827. The first kappa shape index (κ1) is 15.2. The number of anilines is 1. The van der Waals surface area contributed by atoms with E-state index in [4.69, 9.17) is 0 Å². The van der Waals surface area contributed by atoms with Gasteiger partial charge in [0.05, 0.1) is 5.56 Å². The van der Waals surface area contributed by atoms with Crippen LogP contribution in [0.4, 0.5) is 5.82 Å². The molecule has 0 aliphatic carbocycles. The summed E-state index contributed by atoms with van der Waals surface area (Å²) in [6, 6.07) is 4.00. The summed E-state index contributed by atoms with van der Waals surface area (Å²) >= 11 is 0. The molecule has 0 aromatic carbocycles. The van der Waals surface area contributed by atoms with Crippen molar-refractivity contribution >= 4 is 11.7 Å². The predicted octanol–water partition coefficient (Wildman–Crippen LogP) is 0.315. The Morgan fingerprint density at radius 2 is 2.00 bits per heavy atom. The van der Waals surface area contributed by atoms with Crippen molar-refractivity contribution in [3.05, 3.63) is 23.9 Å². The van der Waals surface area contributed by atoms with Crippen molar-refractivity contribution in [3.8, 4) is 0 Å². The van der Waals surface area contributed by atoms with E-state index in [0.717, 1.165) is 57.9 Å². The number of carbonyl (C=O) groups is 1. The van der Waals surface area contributed by atoms with E-state index in [1.807, 2.05) is 12.1 Å². The molecule has 2 aliphatic rings. The van der Waals surface area contributed by atoms with E-state index in [0.29, 0.717) is 5.56 Å². The molecule has 1 aromatic heterocycles. The zero-order valence-corrected chi connectivity index (χ0v) is 13.2. The third-order valence-corrected chi connectivity index (χ3v) is 4.51. The lowest BCUT2D eigenvalue weighted by Gasteiger charge is -2.34. The molecule has 2 saturated heterocycles. The first-order valence-corrected chi connectivity index (χ1v) is 8.14. The lowest BCUT2D eigenvalue weighted by atomic mass is 10.1. The molecule has 0 spiro atoms. The van der Waals surface area contributed by atoms with Gasteiger partial charge in [0.2, 0.25) is 0 Å². The Bertz CT molecular complexity index is 507. The molecule has 0 bridgehead atoms. The number of carbonyl (C=O) groups excluding carboxylic acids is 1. The minimum Gasteiger partial charge on any atom is -0.353 e. The second kappa shape index (κ2) is 7.07. The maximum absolute atomic E-state index is 12.6. The van der Waals surface area contributed by atoms with E-state index in [1.165, 1.54) is 0 Å². The summed E-state index contributed by atoms with van der Waals surface area (Å²) in [5, 5.41) is 6.49. The zero-order chi connectivity index (χ0) is 15.4. The van der Waals surface area contributed by atoms with Crippen molar-refractivity contribution in [2.45, 2.75) is 18.9 Å². The molecule has 0 atom stereocenters. The van der Waals surface area contributed by atoms with Crippen LogP contribution in [0.3, 0.4) is 0 Å². The number of aromatic nitrogens is 1. The van der Waals surface area contributed by atoms with E-state index in [1.54, 1.807) is 6.20 Å². The number of nitrogens with zero attached hydrogens (tertiary/aromatic N) is 3. The van der Waals surface area contributed by atoms with Crippen molar-refractivity contribution in [3.63, 3.8) is 0 Å². The minimum atomic E-state index is 0.00827. The molecule has 3 heterocycles. The summed E-state index contributed by atoms with van der Waals surface area (Å²) < 4.78 is 0. The number of piperazine rings is 1. The van der Waals surface area contributed by atoms with Crippen LogP contribution in [0.1, 0.15) is 23.2 Å². The summed E-state index contributed by atoms with van der Waals surface area (Å²) in [5.41, 5.74) is 0.700. The van der Waals surface area contributed by atoms with Gasteiger partial charge in [-0.25, -0.2) is 4.98 Å². The van der Waals surface area contributed by atoms with Crippen molar-refractivity contribution in [2.24, 2.45) is 0 Å². The zero-order valence-electron chi connectivity index (χ0n) is 13.2. The van der Waals surface area contributed by atoms with Gasteiger partial charge in [-0.1, -0.05) is 0 Å². The quantitative estimate of drug-likeness (QED) is 0.842. The largest absolute Gasteiger partial charge is 0.353 e. The number of hydrogen-bond donors (Lipinski definition) is 2. The highest BCUT2D eigenvalue weighted by molar-refractivity contribution is 5.99. The highest BCUT2D eigenvalue weighted by Gasteiger charge is 2.23. The fourth-order valence-electron chi connectivity index (χ4n) is 3.07. The Morgan fingerprint density at radius 3 is 2.73 bits per heavy atom. The summed E-state index contributed by atoms with van der Waals surface area (Å²) in [7, 11) is 2.13. The highest BCUT2D eigenvalue weighted by atomic mass is 16.1. The van der Waals surface area contributed by atoms with Gasteiger partial charge in [0, 0.05) is 38.4 Å². The SMILES string of the molecule is CN1CCN(c2ncccc2C(=O)NC2CCNCC2)CC1. The van der Waals surface area contributed by atoms with Gasteiger partial charge in [0.25, 0.3) is 5.91 Å². The van der Waals surface area contributed by atoms with Crippen molar-refractivity contribution in [1.29, 1.82) is 0 Å². The topological polar surface area (TPSA) is 60.5 Å². The molecule has 0 radical (unpaired) electrons. The van der Waals surface area contributed by atoms with E-state index in [9.17, 15) is 4.79 Å². The van der Waals surface area contributed by atoms with Gasteiger partial charge in [-0.3, -0.25) is 4.79 Å². The maximum atomic E-state index is 12.6. The first-order chi connectivity index (χ1) is 10.7. The average Bonchev–Trinajstić information content (AvgIpc) is 2.56. The van der Waals surface area contributed by atoms with E-state index in [2.05, 4.69) is 32.5 Å². The Balaban J connectivity index is 1.71. The second-order valence-electron chi connectivity index (χ2n) is 6.16. The van der Waals surface area contributed by atoms with Crippen LogP contribution in [-0.2, 0) is 0 Å². The van der Waals surface area contributed by atoms with Crippen molar-refractivity contribution in [1.82, 2.24) is 20.5 Å². The van der Waals surface area contributed by atoms with Crippen molar-refractivity contribution < 1.29 is 4.79 Å². The van der Waals surface area contributed by atoms with Gasteiger partial charge in [-0.05, 0) is 45.1 Å². The van der Waals surface area contributed by atoms with Crippen LogP contribution in [0.25, 0.3) is 0 Å². The van der Waals surface area contributed by atoms with Crippen LogP contribution in [0, 0.1) is 0 Å². The lowest BCUT2D eigenvalue weighted by Crippen LogP contribution is -2.46. The average molecular weight is 303 g/mol. The first-order valence-electron chi connectivity index (χ1n) is 8.14. The molecular formula is C16H25N5O. The van der Waals surface area contributed by atoms with E-state index in [-0.39, 0.29) is 11.9 Å². The summed E-state index contributed by atoms with van der Waals surface area (Å²) in [6.07, 6.45) is 3.76. The van der Waals surface area contributed by atoms with Crippen LogP contribution < -0.4 is 15.5 Å². The van der Waals surface area contributed by atoms with Gasteiger partial charge in [-0.15, -0.1) is 0 Å². The Labute approximate surface area is 131 Å². The molecule has 6 heteroatoms. The fraction of sp³-hybridized carbons (Fsp3) is 0.625. The fourth-order valence-corrected chi connectivity index (χ4v) is 3.07. The molecule has 22 heavy (non-hydrogen) atoms. The number of nitrogens with one attached hydrogen (secondary N) is 2. The highest BCUT2D eigenvalue weighted by Crippen LogP contribution is 2.19. The van der Waals surface area contributed by atoms with Crippen LogP contribution in [0.15, 0.2) is 18.3 Å². The summed E-state index contributed by atoms with van der Waals surface area (Å²) in [5.74, 6) is 0.830. The molecular weight excluding hydrogens is 278 g/mol. The van der Waals surface area contributed by atoms with Gasteiger partial charge in [-0.2, -0.15) is 0 Å². The molecule has 0 saturated carbocycles. The number of amides is 1. The molecule has 2 fully saturated rings. The Morgan fingerprint density at radius 1 is 1.27 bits per heavy atom. The number of piperidine rings is 1. The van der Waals surface area contributed by atoms with Gasteiger partial charge < -0.3 is 20.4 Å². The van der Waals surface area contributed by atoms with Gasteiger partial charge in [0.15, 0.2) is 0 Å². The normalized spacial score (nSPS) is 20.9. The standard InChI is InChI=1S/C16H25N5O/c1-20-9-11-21(12-10-20)15-14(3-2-6-18-15)16(22)19-13-4-7-17-8-5-13/h2-3,6,13,17H,4-5,7-12H2,1H3,(H,19,22). The number of pyridine rings is 1. The van der Waals surface area contributed by atoms with Crippen LogP contribution in [0.5, 0.6) is 0 Å². The summed E-state index contributed by atoms with van der Waals surface area (Å²) in [4.78, 5) is 21.6. The maximum Gasteiger partial charge on any atom is 0.255 e. The lowest BCUT2D eigenvalue weighted by molar-refractivity contribution is 0.0929. The van der Waals surface area contributed by atoms with Gasteiger partial charge >= 0.3 is 0 Å². The Kier molecular flexibility index (Phi) is 4.90.